The van der Waals surface area contributed by atoms with E-state index >= 15 is 0 Å². The van der Waals surface area contributed by atoms with E-state index in [1.165, 1.54) is 23.9 Å². The molecule has 1 saturated carbocycles. The van der Waals surface area contributed by atoms with Crippen molar-refractivity contribution in [1.29, 1.82) is 0 Å². The number of hydrogen-bond donors (Lipinski definition) is 1. The van der Waals surface area contributed by atoms with Gasteiger partial charge in [-0.25, -0.2) is 0 Å². The van der Waals surface area contributed by atoms with E-state index in [2.05, 4.69) is 20.9 Å². The van der Waals surface area contributed by atoms with E-state index in [-0.39, 0.29) is 12.4 Å². The van der Waals surface area contributed by atoms with Gasteiger partial charge < -0.3 is 24.1 Å². The van der Waals surface area contributed by atoms with Gasteiger partial charge in [-0.1, -0.05) is 0 Å². The van der Waals surface area contributed by atoms with Crippen LogP contribution < -0.4 is 9.47 Å². The molecule has 1 aromatic carbocycles. The molecule has 7 heteroatoms. The Morgan fingerprint density at radius 2 is 1.93 bits per heavy atom. The number of benzene rings is 1. The topological polar surface area (TPSA) is 59.6 Å². The molecule has 2 heterocycles. The molecule has 0 saturated heterocycles. The van der Waals surface area contributed by atoms with Gasteiger partial charge in [-0.2, -0.15) is 0 Å². The number of H-pyrrole nitrogens is 1. The lowest BCUT2D eigenvalue weighted by molar-refractivity contribution is 0.0881. The second kappa shape index (κ2) is 8.99. The highest BCUT2D eigenvalue weighted by atomic mass is 35.5. The number of aromatic amines is 1. The molecule has 1 aliphatic rings. The normalized spacial score (nSPS) is 13.9. The minimum Gasteiger partial charge on any atom is -0.493 e. The minimum absolute atomic E-state index is 0. The molecule has 4 rings (SSSR count). The summed E-state index contributed by atoms with van der Waals surface area (Å²) >= 11 is 0. The number of hydrogen-bond acceptors (Lipinski definition) is 5. The van der Waals surface area contributed by atoms with Crippen molar-refractivity contribution < 1.29 is 14.2 Å². The Kier molecular flexibility index (Phi) is 6.65. The molecule has 1 N–H and O–H groups in total. The van der Waals surface area contributed by atoms with Crippen molar-refractivity contribution in [3.8, 4) is 11.5 Å². The number of aromatic nitrogens is 2. The molecule has 1 fully saturated rings. The van der Waals surface area contributed by atoms with Crippen LogP contribution in [0.4, 0.5) is 0 Å². The first-order valence-corrected chi connectivity index (χ1v) is 9.51. The van der Waals surface area contributed by atoms with E-state index < -0.39 is 0 Å². The number of nitrogens with one attached hydrogen (secondary N) is 1. The van der Waals surface area contributed by atoms with E-state index in [9.17, 15) is 0 Å². The Morgan fingerprint density at radius 1 is 1.11 bits per heavy atom. The maximum atomic E-state index is 5.93. The smallest absolute Gasteiger partial charge is 0.163 e. The standard InChI is InChI=1S/C21H27N3O3.ClH/c1-24(2)8-9-26-10-11-27-19-13-17-15(12-18(19)25-3)20-16(23-17)6-7-22-21(20)14-4-5-14;/h6-7,12-14,23H,4-5,8-11H2,1-3H3;1H. The van der Waals surface area contributed by atoms with Crippen LogP contribution in [0.3, 0.4) is 0 Å². The van der Waals surface area contributed by atoms with Crippen LogP contribution in [0.5, 0.6) is 11.5 Å². The van der Waals surface area contributed by atoms with Gasteiger partial charge in [-0.15, -0.1) is 12.4 Å². The van der Waals surface area contributed by atoms with Gasteiger partial charge in [0.25, 0.3) is 0 Å². The molecule has 0 bridgehead atoms. The number of nitrogens with zero attached hydrogens (tertiary/aromatic N) is 2. The van der Waals surface area contributed by atoms with Crippen LogP contribution in [0.1, 0.15) is 24.5 Å². The zero-order chi connectivity index (χ0) is 18.8. The fourth-order valence-electron chi connectivity index (χ4n) is 3.38. The summed E-state index contributed by atoms with van der Waals surface area (Å²) < 4.78 is 17.1. The van der Waals surface area contributed by atoms with Crippen molar-refractivity contribution in [1.82, 2.24) is 14.9 Å². The molecule has 0 amide bonds. The molecule has 3 aromatic rings. The zero-order valence-corrected chi connectivity index (χ0v) is 17.5. The largest absolute Gasteiger partial charge is 0.493 e. The van der Waals surface area contributed by atoms with Crippen LogP contribution >= 0.6 is 12.4 Å². The highest BCUT2D eigenvalue weighted by Crippen LogP contribution is 2.45. The number of rotatable bonds is 9. The summed E-state index contributed by atoms with van der Waals surface area (Å²) in [5, 5.41) is 2.36. The number of fused-ring (bicyclic) bond motifs is 3. The lowest BCUT2D eigenvalue weighted by Gasteiger charge is -2.12. The van der Waals surface area contributed by atoms with Gasteiger partial charge in [0.05, 0.1) is 31.5 Å². The molecular weight excluding hydrogens is 378 g/mol. The molecule has 2 aromatic heterocycles. The number of halogens is 1. The minimum atomic E-state index is 0. The Balaban J connectivity index is 0.00000225. The van der Waals surface area contributed by atoms with E-state index in [0.717, 1.165) is 34.5 Å². The van der Waals surface area contributed by atoms with Gasteiger partial charge in [0.1, 0.15) is 6.61 Å². The fourth-order valence-corrected chi connectivity index (χ4v) is 3.38. The molecule has 0 radical (unpaired) electrons. The summed E-state index contributed by atoms with van der Waals surface area (Å²) in [7, 11) is 5.74. The van der Waals surface area contributed by atoms with Crippen LogP contribution in [-0.4, -0.2) is 62.4 Å². The van der Waals surface area contributed by atoms with Crippen LogP contribution in [-0.2, 0) is 4.74 Å². The molecule has 1 aliphatic carbocycles. The van der Waals surface area contributed by atoms with Crippen molar-refractivity contribution >= 4 is 34.2 Å². The average molecular weight is 406 g/mol. The number of likely N-dealkylation sites (N-methyl/N-ethyl adjacent to an activating group) is 1. The van der Waals surface area contributed by atoms with Crippen LogP contribution in [0.25, 0.3) is 21.8 Å². The fraction of sp³-hybridized carbons (Fsp3) is 0.476. The van der Waals surface area contributed by atoms with Crippen molar-refractivity contribution in [2.24, 2.45) is 0 Å². The third-order valence-corrected chi connectivity index (χ3v) is 4.95. The van der Waals surface area contributed by atoms with Crippen molar-refractivity contribution in [2.75, 3.05) is 47.6 Å². The van der Waals surface area contributed by atoms with Crippen LogP contribution in [0.2, 0.25) is 0 Å². The Bertz CT molecular complexity index is 937. The summed E-state index contributed by atoms with van der Waals surface area (Å²) in [6, 6.07) is 6.11. The van der Waals surface area contributed by atoms with E-state index in [4.69, 9.17) is 14.2 Å². The SMILES string of the molecule is COc1cc2c(cc1OCCOCCN(C)C)[nH]c1ccnc(C3CC3)c12.Cl. The van der Waals surface area contributed by atoms with Gasteiger partial charge in [0.2, 0.25) is 0 Å². The highest BCUT2D eigenvalue weighted by molar-refractivity contribution is 6.09. The molecule has 0 unspecified atom stereocenters. The zero-order valence-electron chi connectivity index (χ0n) is 16.7. The van der Waals surface area contributed by atoms with Crippen LogP contribution in [0, 0.1) is 0 Å². The van der Waals surface area contributed by atoms with E-state index in [1.807, 2.05) is 32.4 Å². The third-order valence-electron chi connectivity index (χ3n) is 4.95. The van der Waals surface area contributed by atoms with E-state index in [0.29, 0.717) is 25.7 Å². The third kappa shape index (κ3) is 4.35. The summed E-state index contributed by atoms with van der Waals surface area (Å²) in [5.41, 5.74) is 3.36. The molecule has 0 aliphatic heterocycles. The number of pyridine rings is 1. The maximum absolute atomic E-state index is 5.93. The second-order valence-electron chi connectivity index (χ2n) is 7.33. The molecule has 0 atom stereocenters. The summed E-state index contributed by atoms with van der Waals surface area (Å²) in [6.45, 7) is 2.65. The van der Waals surface area contributed by atoms with Crippen molar-refractivity contribution in [3.63, 3.8) is 0 Å². The number of methoxy groups -OCH3 is 1. The first kappa shape index (κ1) is 20.7. The molecular formula is C21H28ClN3O3. The Labute approximate surface area is 171 Å². The van der Waals surface area contributed by atoms with Gasteiger partial charge >= 0.3 is 0 Å². The van der Waals surface area contributed by atoms with Gasteiger partial charge in [0, 0.05) is 41.0 Å². The van der Waals surface area contributed by atoms with Crippen LogP contribution in [0.15, 0.2) is 24.4 Å². The van der Waals surface area contributed by atoms with Gasteiger partial charge in [-0.05, 0) is 39.1 Å². The van der Waals surface area contributed by atoms with Gasteiger partial charge in [0.15, 0.2) is 11.5 Å². The van der Waals surface area contributed by atoms with Crippen molar-refractivity contribution in [2.45, 2.75) is 18.8 Å². The lowest BCUT2D eigenvalue weighted by Crippen LogP contribution is -2.19. The summed E-state index contributed by atoms with van der Waals surface area (Å²) in [5.74, 6) is 2.06. The van der Waals surface area contributed by atoms with Gasteiger partial charge in [-0.3, -0.25) is 4.98 Å². The predicted molar refractivity (Wildman–Crippen MR) is 114 cm³/mol. The highest BCUT2D eigenvalue weighted by Gasteiger charge is 2.28. The monoisotopic (exact) mass is 405 g/mol. The molecule has 152 valence electrons. The summed E-state index contributed by atoms with van der Waals surface area (Å²) in [4.78, 5) is 10.2. The Hall–Kier alpha value is -2.02. The quantitative estimate of drug-likeness (QED) is 0.545. The maximum Gasteiger partial charge on any atom is 0.163 e. The molecule has 28 heavy (non-hydrogen) atoms. The van der Waals surface area contributed by atoms with E-state index in [1.54, 1.807) is 7.11 Å². The van der Waals surface area contributed by atoms with Crippen molar-refractivity contribution in [3.05, 3.63) is 30.1 Å². The summed E-state index contributed by atoms with van der Waals surface area (Å²) in [6.07, 6.45) is 4.35. The molecule has 6 nitrogen and oxygen atoms in total. The first-order chi connectivity index (χ1) is 13.2. The number of ether oxygens (including phenoxy) is 3. The lowest BCUT2D eigenvalue weighted by atomic mass is 10.1. The average Bonchev–Trinajstić information content (AvgIpc) is 3.44. The molecule has 0 spiro atoms. The Morgan fingerprint density at radius 3 is 2.64 bits per heavy atom. The second-order valence-corrected chi connectivity index (χ2v) is 7.33. The predicted octanol–water partition coefficient (Wildman–Crippen LogP) is 3.98. The first-order valence-electron chi connectivity index (χ1n) is 9.51.